The van der Waals surface area contributed by atoms with Crippen LogP contribution in [0.2, 0.25) is 0 Å². The van der Waals surface area contributed by atoms with E-state index in [1.165, 1.54) is 0 Å². The van der Waals surface area contributed by atoms with Gasteiger partial charge in [0, 0.05) is 5.56 Å². The molecule has 0 aliphatic carbocycles. The molecule has 0 aliphatic heterocycles. The number of nitrogens with one attached hydrogen (secondary N) is 1. The van der Waals surface area contributed by atoms with Crippen molar-refractivity contribution in [1.29, 1.82) is 0 Å². The van der Waals surface area contributed by atoms with Crippen LogP contribution in [0.1, 0.15) is 32.0 Å². The maximum Gasteiger partial charge on any atom is 0.0725 e. The van der Waals surface area contributed by atoms with Gasteiger partial charge in [-0.2, -0.15) is 5.10 Å². The van der Waals surface area contributed by atoms with Crippen molar-refractivity contribution < 1.29 is 0 Å². The van der Waals surface area contributed by atoms with Crippen molar-refractivity contribution in [2.75, 3.05) is 0 Å². The first kappa shape index (κ1) is 14.0. The van der Waals surface area contributed by atoms with E-state index in [4.69, 9.17) is 0 Å². The highest BCUT2D eigenvalue weighted by molar-refractivity contribution is 5.84. The third-order valence-corrected chi connectivity index (χ3v) is 2.62. The Morgan fingerprint density at radius 1 is 1.17 bits per heavy atom. The zero-order chi connectivity index (χ0) is 13.4. The number of H-pyrrole nitrogens is 1. The Morgan fingerprint density at radius 2 is 1.89 bits per heavy atom. The van der Waals surface area contributed by atoms with Crippen molar-refractivity contribution in [1.82, 2.24) is 10.2 Å². The minimum atomic E-state index is 1.03. The van der Waals surface area contributed by atoms with Crippen LogP contribution in [0.3, 0.4) is 0 Å². The van der Waals surface area contributed by atoms with Gasteiger partial charge < -0.3 is 0 Å². The molecule has 2 heteroatoms. The molecular weight excluding hydrogens is 220 g/mol. The number of aromatic nitrogens is 2. The zero-order valence-electron chi connectivity index (χ0n) is 11.3. The zero-order valence-corrected chi connectivity index (χ0v) is 11.3. The SMILES string of the molecule is C=C/C=C\C(=C/C)c1[nH]ncc1C(/C=C\C)=C/C. The Hall–Kier alpha value is -2.09. The van der Waals surface area contributed by atoms with Crippen molar-refractivity contribution >= 4 is 11.1 Å². The molecule has 1 aromatic heterocycles. The van der Waals surface area contributed by atoms with Gasteiger partial charge in [-0.15, -0.1) is 0 Å². The molecule has 1 N–H and O–H groups in total. The molecule has 0 fully saturated rings. The summed E-state index contributed by atoms with van der Waals surface area (Å²) >= 11 is 0. The molecule has 0 saturated heterocycles. The molecule has 18 heavy (non-hydrogen) atoms. The summed E-state index contributed by atoms with van der Waals surface area (Å²) < 4.78 is 0. The summed E-state index contributed by atoms with van der Waals surface area (Å²) in [5.41, 5.74) is 4.40. The van der Waals surface area contributed by atoms with Gasteiger partial charge in [0.05, 0.1) is 11.9 Å². The van der Waals surface area contributed by atoms with E-state index in [1.807, 2.05) is 45.2 Å². The fraction of sp³-hybridized carbons (Fsp3) is 0.188. The summed E-state index contributed by atoms with van der Waals surface area (Å²) in [5.74, 6) is 0. The molecule has 0 bridgehead atoms. The molecule has 0 unspecified atom stereocenters. The molecule has 0 spiro atoms. The normalized spacial score (nSPS) is 13.7. The van der Waals surface area contributed by atoms with E-state index < -0.39 is 0 Å². The molecular formula is C16H20N2. The van der Waals surface area contributed by atoms with Crippen molar-refractivity contribution in [2.45, 2.75) is 20.8 Å². The fourth-order valence-electron chi connectivity index (χ4n) is 1.74. The van der Waals surface area contributed by atoms with Crippen LogP contribution >= 0.6 is 0 Å². The molecule has 1 rings (SSSR count). The lowest BCUT2D eigenvalue weighted by molar-refractivity contribution is 1.07. The summed E-state index contributed by atoms with van der Waals surface area (Å²) in [4.78, 5) is 0. The maximum absolute atomic E-state index is 4.15. The van der Waals surface area contributed by atoms with Crippen molar-refractivity contribution in [3.8, 4) is 0 Å². The van der Waals surface area contributed by atoms with E-state index in [-0.39, 0.29) is 0 Å². The topological polar surface area (TPSA) is 28.7 Å². The van der Waals surface area contributed by atoms with Gasteiger partial charge in [0.25, 0.3) is 0 Å². The number of hydrogen-bond donors (Lipinski definition) is 1. The first-order chi connectivity index (χ1) is 8.78. The first-order valence-electron chi connectivity index (χ1n) is 6.07. The van der Waals surface area contributed by atoms with Gasteiger partial charge in [0.1, 0.15) is 0 Å². The second-order valence-electron chi connectivity index (χ2n) is 3.74. The molecule has 94 valence electrons. The largest absolute Gasteiger partial charge is 0.277 e. The highest BCUT2D eigenvalue weighted by atomic mass is 15.1. The molecule has 1 heterocycles. The number of allylic oxidation sites excluding steroid dienone is 9. The van der Waals surface area contributed by atoms with Crippen LogP contribution < -0.4 is 0 Å². The molecule has 0 saturated carbocycles. The summed E-state index contributed by atoms with van der Waals surface area (Å²) in [6.45, 7) is 9.74. The predicted molar refractivity (Wildman–Crippen MR) is 80.0 cm³/mol. The standard InChI is InChI=1S/C16H20N2/c1-5-9-11-14(8-4)16-15(12-17-18-16)13(7-3)10-6-2/h5-12H,1H2,2-4H3,(H,17,18)/b10-6-,11-9-,13-7+,14-8+. The van der Waals surface area contributed by atoms with E-state index >= 15 is 0 Å². The van der Waals surface area contributed by atoms with Gasteiger partial charge in [0.2, 0.25) is 0 Å². The van der Waals surface area contributed by atoms with Crippen LogP contribution in [0.25, 0.3) is 11.1 Å². The molecule has 0 radical (unpaired) electrons. The quantitative estimate of drug-likeness (QED) is 0.752. The van der Waals surface area contributed by atoms with Crippen LogP contribution in [0.5, 0.6) is 0 Å². The minimum absolute atomic E-state index is 1.03. The monoisotopic (exact) mass is 240 g/mol. The summed E-state index contributed by atoms with van der Waals surface area (Å²) in [5, 5.41) is 7.21. The molecule has 0 aliphatic rings. The Morgan fingerprint density at radius 3 is 2.44 bits per heavy atom. The Kier molecular flexibility index (Phi) is 5.65. The van der Waals surface area contributed by atoms with Crippen molar-refractivity contribution in [3.63, 3.8) is 0 Å². The minimum Gasteiger partial charge on any atom is -0.277 e. The first-order valence-corrected chi connectivity index (χ1v) is 6.07. The summed E-state index contributed by atoms with van der Waals surface area (Å²) in [7, 11) is 0. The van der Waals surface area contributed by atoms with Gasteiger partial charge in [-0.1, -0.05) is 49.1 Å². The van der Waals surface area contributed by atoms with Gasteiger partial charge in [-0.05, 0) is 31.9 Å². The van der Waals surface area contributed by atoms with Crippen LogP contribution in [-0.2, 0) is 0 Å². The Balaban J connectivity index is 3.23. The maximum atomic E-state index is 4.15. The van der Waals surface area contributed by atoms with Crippen LogP contribution in [0.4, 0.5) is 0 Å². The Labute approximate surface area is 109 Å². The lowest BCUT2D eigenvalue weighted by Gasteiger charge is -2.04. The van der Waals surface area contributed by atoms with Crippen LogP contribution in [0, 0.1) is 0 Å². The van der Waals surface area contributed by atoms with E-state index in [0.29, 0.717) is 0 Å². The van der Waals surface area contributed by atoms with Crippen LogP contribution in [0.15, 0.2) is 55.3 Å². The molecule has 0 aromatic carbocycles. The highest BCUT2D eigenvalue weighted by Crippen LogP contribution is 2.25. The third kappa shape index (κ3) is 3.20. The van der Waals surface area contributed by atoms with Gasteiger partial charge >= 0.3 is 0 Å². The predicted octanol–water partition coefficient (Wildman–Crippen LogP) is 4.53. The molecule has 0 atom stereocenters. The Bertz CT molecular complexity index is 511. The van der Waals surface area contributed by atoms with E-state index in [0.717, 1.165) is 22.4 Å². The van der Waals surface area contributed by atoms with E-state index in [1.54, 1.807) is 6.08 Å². The second kappa shape index (κ2) is 7.28. The van der Waals surface area contributed by atoms with Gasteiger partial charge in [0.15, 0.2) is 0 Å². The van der Waals surface area contributed by atoms with Crippen molar-refractivity contribution in [3.05, 3.63) is 66.6 Å². The second-order valence-corrected chi connectivity index (χ2v) is 3.74. The van der Waals surface area contributed by atoms with Crippen molar-refractivity contribution in [2.24, 2.45) is 0 Å². The fourth-order valence-corrected chi connectivity index (χ4v) is 1.74. The summed E-state index contributed by atoms with van der Waals surface area (Å²) in [6.07, 6.45) is 15.8. The van der Waals surface area contributed by atoms with E-state index in [2.05, 4.69) is 35.0 Å². The van der Waals surface area contributed by atoms with E-state index in [9.17, 15) is 0 Å². The molecule has 0 amide bonds. The summed E-state index contributed by atoms with van der Waals surface area (Å²) in [6, 6.07) is 0. The highest BCUT2D eigenvalue weighted by Gasteiger charge is 2.09. The average Bonchev–Trinajstić information content (AvgIpc) is 2.86. The lowest BCUT2D eigenvalue weighted by Crippen LogP contribution is -1.88. The molecule has 1 aromatic rings. The smallest absolute Gasteiger partial charge is 0.0725 e. The number of hydrogen-bond acceptors (Lipinski definition) is 1. The number of rotatable bonds is 5. The third-order valence-electron chi connectivity index (χ3n) is 2.62. The lowest BCUT2D eigenvalue weighted by atomic mass is 10.0. The number of aromatic amines is 1. The number of nitrogens with zero attached hydrogens (tertiary/aromatic N) is 1. The average molecular weight is 240 g/mol. The van der Waals surface area contributed by atoms with Gasteiger partial charge in [-0.3, -0.25) is 5.10 Å². The molecule has 2 nitrogen and oxygen atoms in total. The van der Waals surface area contributed by atoms with Crippen LogP contribution in [-0.4, -0.2) is 10.2 Å². The van der Waals surface area contributed by atoms with Gasteiger partial charge in [-0.25, -0.2) is 0 Å².